The van der Waals surface area contributed by atoms with Gasteiger partial charge in [-0.15, -0.1) is 0 Å². The second-order valence-electron chi connectivity index (χ2n) is 7.36. The van der Waals surface area contributed by atoms with Crippen LogP contribution in [-0.2, 0) is 11.0 Å². The summed E-state index contributed by atoms with van der Waals surface area (Å²) in [5.41, 5.74) is 0.612. The van der Waals surface area contributed by atoms with Crippen molar-refractivity contribution in [2.45, 2.75) is 13.1 Å². The summed E-state index contributed by atoms with van der Waals surface area (Å²) in [5, 5.41) is 0. The largest absolute Gasteiger partial charge is 0.484 e. The lowest BCUT2D eigenvalue weighted by atomic mass is 10.2. The number of ether oxygens (including phenoxy) is 1. The molecule has 1 aliphatic heterocycles. The summed E-state index contributed by atoms with van der Waals surface area (Å²) in [7, 11) is 0. The molecule has 1 aromatic heterocycles. The average Bonchev–Trinajstić information content (AvgIpc) is 2.76. The first kappa shape index (κ1) is 20.9. The van der Waals surface area contributed by atoms with E-state index in [9.17, 15) is 18.0 Å². The summed E-state index contributed by atoms with van der Waals surface area (Å²) in [6.45, 7) is 2.83. The van der Waals surface area contributed by atoms with Crippen LogP contribution < -0.4 is 9.64 Å². The number of rotatable bonds is 4. The first-order chi connectivity index (χ1) is 14.8. The molecular weight excluding hydrogens is 409 g/mol. The standard InChI is InChI=1S/C22H21F3N4O2/c1-15-5-4-6-16(13-15)31-14-19(30)28-9-11-29(12-10-28)21-20(22(23,24)25)26-17-7-2-3-8-18(17)27-21/h2-8,13H,9-12,14H2,1H3. The van der Waals surface area contributed by atoms with Gasteiger partial charge in [-0.1, -0.05) is 24.3 Å². The first-order valence-corrected chi connectivity index (χ1v) is 9.87. The molecule has 0 spiro atoms. The number of amides is 1. The molecule has 0 unspecified atom stereocenters. The number of anilines is 1. The van der Waals surface area contributed by atoms with Crippen LogP contribution in [0.25, 0.3) is 11.0 Å². The van der Waals surface area contributed by atoms with Gasteiger partial charge in [0.25, 0.3) is 5.91 Å². The molecule has 2 heterocycles. The van der Waals surface area contributed by atoms with Gasteiger partial charge in [0.1, 0.15) is 5.75 Å². The molecule has 1 saturated heterocycles. The smallest absolute Gasteiger partial charge is 0.437 e. The molecule has 6 nitrogen and oxygen atoms in total. The fraction of sp³-hybridized carbons (Fsp3) is 0.318. The lowest BCUT2D eigenvalue weighted by Gasteiger charge is -2.36. The van der Waals surface area contributed by atoms with Gasteiger partial charge in [-0.2, -0.15) is 13.2 Å². The third-order valence-electron chi connectivity index (χ3n) is 5.10. The molecule has 0 atom stereocenters. The number of alkyl halides is 3. The van der Waals surface area contributed by atoms with E-state index < -0.39 is 11.9 Å². The minimum atomic E-state index is -4.62. The Kier molecular flexibility index (Phi) is 5.67. The fourth-order valence-electron chi connectivity index (χ4n) is 3.51. The molecule has 0 saturated carbocycles. The second-order valence-corrected chi connectivity index (χ2v) is 7.36. The topological polar surface area (TPSA) is 58.6 Å². The number of piperazine rings is 1. The lowest BCUT2D eigenvalue weighted by molar-refractivity contribution is -0.141. The lowest BCUT2D eigenvalue weighted by Crippen LogP contribution is -2.50. The Morgan fingerprint density at radius 1 is 1.00 bits per heavy atom. The zero-order chi connectivity index (χ0) is 22.0. The Labute approximate surface area is 177 Å². The van der Waals surface area contributed by atoms with Gasteiger partial charge in [0.2, 0.25) is 0 Å². The normalized spacial score (nSPS) is 14.7. The number of carbonyl (C=O) groups excluding carboxylic acids is 1. The van der Waals surface area contributed by atoms with Crippen molar-refractivity contribution in [3.05, 3.63) is 59.8 Å². The van der Waals surface area contributed by atoms with E-state index in [1.165, 1.54) is 11.0 Å². The van der Waals surface area contributed by atoms with Crippen LogP contribution in [0.4, 0.5) is 19.0 Å². The van der Waals surface area contributed by atoms with Crippen LogP contribution in [0.1, 0.15) is 11.3 Å². The Bertz CT molecular complexity index is 1100. The van der Waals surface area contributed by atoms with E-state index in [0.717, 1.165) is 5.56 Å². The van der Waals surface area contributed by atoms with Crippen molar-refractivity contribution >= 4 is 22.8 Å². The highest BCUT2D eigenvalue weighted by atomic mass is 19.4. The average molecular weight is 430 g/mol. The van der Waals surface area contributed by atoms with Crippen molar-refractivity contribution in [1.29, 1.82) is 0 Å². The molecule has 2 aromatic carbocycles. The van der Waals surface area contributed by atoms with E-state index in [-0.39, 0.29) is 50.0 Å². The molecule has 0 aliphatic carbocycles. The van der Waals surface area contributed by atoms with Gasteiger partial charge in [-0.05, 0) is 36.8 Å². The SMILES string of the molecule is Cc1cccc(OCC(=O)N2CCN(c3nc4ccccc4nc3C(F)(F)F)CC2)c1. The fourth-order valence-corrected chi connectivity index (χ4v) is 3.51. The van der Waals surface area contributed by atoms with Crippen LogP contribution in [0, 0.1) is 6.92 Å². The zero-order valence-electron chi connectivity index (χ0n) is 16.9. The number of aromatic nitrogens is 2. The second kappa shape index (κ2) is 8.41. The molecule has 3 aromatic rings. The number of nitrogens with zero attached hydrogens (tertiary/aromatic N) is 4. The van der Waals surface area contributed by atoms with E-state index in [4.69, 9.17) is 4.74 Å². The maximum Gasteiger partial charge on any atom is 0.437 e. The summed E-state index contributed by atoms with van der Waals surface area (Å²) in [6, 6.07) is 13.9. The number of hydrogen-bond acceptors (Lipinski definition) is 5. The molecule has 9 heteroatoms. The van der Waals surface area contributed by atoms with Crippen molar-refractivity contribution in [1.82, 2.24) is 14.9 Å². The monoisotopic (exact) mass is 430 g/mol. The highest BCUT2D eigenvalue weighted by molar-refractivity contribution is 5.79. The van der Waals surface area contributed by atoms with Crippen LogP contribution >= 0.6 is 0 Å². The summed E-state index contributed by atoms with van der Waals surface area (Å²) >= 11 is 0. The quantitative estimate of drug-likeness (QED) is 0.632. The van der Waals surface area contributed by atoms with Crippen molar-refractivity contribution in [2.24, 2.45) is 0 Å². The van der Waals surface area contributed by atoms with Crippen LogP contribution in [0.3, 0.4) is 0 Å². The number of hydrogen-bond donors (Lipinski definition) is 0. The van der Waals surface area contributed by atoms with Gasteiger partial charge in [0, 0.05) is 26.2 Å². The number of carbonyl (C=O) groups is 1. The number of halogens is 3. The van der Waals surface area contributed by atoms with Gasteiger partial charge < -0.3 is 14.5 Å². The maximum atomic E-state index is 13.6. The van der Waals surface area contributed by atoms with Gasteiger partial charge >= 0.3 is 6.18 Å². The maximum absolute atomic E-state index is 13.6. The summed E-state index contributed by atoms with van der Waals surface area (Å²) in [4.78, 5) is 23.7. The van der Waals surface area contributed by atoms with Crippen molar-refractivity contribution in [2.75, 3.05) is 37.7 Å². The van der Waals surface area contributed by atoms with E-state index in [1.54, 1.807) is 29.2 Å². The molecule has 0 N–H and O–H groups in total. The number of aryl methyl sites for hydroxylation is 1. The molecule has 31 heavy (non-hydrogen) atoms. The summed E-state index contributed by atoms with van der Waals surface area (Å²) in [6.07, 6.45) is -4.62. The first-order valence-electron chi connectivity index (χ1n) is 9.87. The highest BCUT2D eigenvalue weighted by Gasteiger charge is 2.39. The van der Waals surface area contributed by atoms with Gasteiger partial charge in [-0.3, -0.25) is 4.79 Å². The van der Waals surface area contributed by atoms with Crippen LogP contribution in [-0.4, -0.2) is 53.6 Å². The van der Waals surface area contributed by atoms with Gasteiger partial charge in [0.05, 0.1) is 11.0 Å². The Hall–Kier alpha value is -3.36. The van der Waals surface area contributed by atoms with Crippen LogP contribution in [0.2, 0.25) is 0 Å². The Balaban J connectivity index is 1.44. The number of fused-ring (bicyclic) bond motifs is 1. The molecule has 0 bridgehead atoms. The Morgan fingerprint density at radius 2 is 1.68 bits per heavy atom. The summed E-state index contributed by atoms with van der Waals surface area (Å²) < 4.78 is 46.4. The third kappa shape index (κ3) is 4.70. The van der Waals surface area contributed by atoms with E-state index in [2.05, 4.69) is 9.97 Å². The predicted octanol–water partition coefficient (Wildman–Crippen LogP) is 3.68. The zero-order valence-corrected chi connectivity index (χ0v) is 16.9. The highest BCUT2D eigenvalue weighted by Crippen LogP contribution is 2.35. The molecular formula is C22H21F3N4O2. The van der Waals surface area contributed by atoms with Crippen molar-refractivity contribution < 1.29 is 22.7 Å². The minimum Gasteiger partial charge on any atom is -0.484 e. The predicted molar refractivity (Wildman–Crippen MR) is 110 cm³/mol. The van der Waals surface area contributed by atoms with Crippen LogP contribution in [0.15, 0.2) is 48.5 Å². The molecule has 1 fully saturated rings. The minimum absolute atomic E-state index is 0.118. The number of benzene rings is 2. The van der Waals surface area contributed by atoms with E-state index >= 15 is 0 Å². The Morgan fingerprint density at radius 3 is 2.32 bits per heavy atom. The number of para-hydroxylation sites is 2. The summed E-state index contributed by atoms with van der Waals surface area (Å²) in [5.74, 6) is 0.198. The van der Waals surface area contributed by atoms with Gasteiger partial charge in [0.15, 0.2) is 18.1 Å². The molecule has 4 rings (SSSR count). The van der Waals surface area contributed by atoms with Gasteiger partial charge in [-0.25, -0.2) is 9.97 Å². The van der Waals surface area contributed by atoms with E-state index in [0.29, 0.717) is 11.3 Å². The molecule has 1 amide bonds. The van der Waals surface area contributed by atoms with Crippen molar-refractivity contribution in [3.63, 3.8) is 0 Å². The van der Waals surface area contributed by atoms with E-state index in [1.807, 2.05) is 25.1 Å². The van der Waals surface area contributed by atoms with Crippen molar-refractivity contribution in [3.8, 4) is 5.75 Å². The van der Waals surface area contributed by atoms with Crippen LogP contribution in [0.5, 0.6) is 5.75 Å². The molecule has 162 valence electrons. The molecule has 0 radical (unpaired) electrons. The third-order valence-corrected chi connectivity index (χ3v) is 5.10. The molecule has 1 aliphatic rings.